The third-order valence-corrected chi connectivity index (χ3v) is 2.00. The molecule has 1 heteroatoms. The standard InChI is InChI=1S/C8H16.C4H11N/c1-2-4-6-8-7-5-3-1;1-4(2,3)5/h1-8H2;5H2,1-3H3. The van der Waals surface area contributed by atoms with E-state index in [1.165, 1.54) is 51.4 Å². The fourth-order valence-corrected chi connectivity index (χ4v) is 1.41. The average molecular weight is 185 g/mol. The first kappa shape index (κ1) is 13.0. The van der Waals surface area contributed by atoms with Crippen molar-refractivity contribution < 1.29 is 0 Å². The van der Waals surface area contributed by atoms with E-state index >= 15 is 0 Å². The lowest BCUT2D eigenvalue weighted by Gasteiger charge is -2.06. The highest BCUT2D eigenvalue weighted by Gasteiger charge is 1.96. The van der Waals surface area contributed by atoms with Gasteiger partial charge in [0.2, 0.25) is 0 Å². The van der Waals surface area contributed by atoms with Crippen LogP contribution >= 0.6 is 0 Å². The zero-order chi connectivity index (χ0) is 10.2. The molecule has 0 spiro atoms. The summed E-state index contributed by atoms with van der Waals surface area (Å²) in [6.07, 6.45) is 12.0. The minimum Gasteiger partial charge on any atom is -0.326 e. The lowest BCUT2D eigenvalue weighted by atomic mass is 10.0. The molecule has 0 bridgehead atoms. The predicted octanol–water partition coefficient (Wildman–Crippen LogP) is 3.86. The van der Waals surface area contributed by atoms with E-state index in [2.05, 4.69) is 0 Å². The number of hydrogen-bond acceptors (Lipinski definition) is 1. The van der Waals surface area contributed by atoms with Crippen molar-refractivity contribution in [1.29, 1.82) is 0 Å². The molecule has 13 heavy (non-hydrogen) atoms. The molecule has 2 N–H and O–H groups in total. The smallest absolute Gasteiger partial charge is 0.00686 e. The van der Waals surface area contributed by atoms with Crippen LogP contribution in [0.4, 0.5) is 0 Å². The molecule has 0 unspecified atom stereocenters. The Balaban J connectivity index is 0.000000252. The largest absolute Gasteiger partial charge is 0.326 e. The van der Waals surface area contributed by atoms with Crippen molar-refractivity contribution in [1.82, 2.24) is 0 Å². The highest BCUT2D eigenvalue weighted by Crippen LogP contribution is 2.15. The molecule has 1 fully saturated rings. The molecule has 0 aromatic heterocycles. The Bertz CT molecular complexity index is 72.2. The second kappa shape index (κ2) is 7.37. The van der Waals surface area contributed by atoms with Gasteiger partial charge in [-0.2, -0.15) is 0 Å². The first-order chi connectivity index (χ1) is 6.00. The van der Waals surface area contributed by atoms with Gasteiger partial charge in [0.1, 0.15) is 0 Å². The van der Waals surface area contributed by atoms with Crippen molar-refractivity contribution in [3.63, 3.8) is 0 Å². The normalized spacial score (nSPS) is 19.4. The Hall–Kier alpha value is -0.0400. The monoisotopic (exact) mass is 185 g/mol. The summed E-state index contributed by atoms with van der Waals surface area (Å²) in [5.74, 6) is 0. The van der Waals surface area contributed by atoms with E-state index in [9.17, 15) is 0 Å². The van der Waals surface area contributed by atoms with Gasteiger partial charge in [-0.25, -0.2) is 0 Å². The molecule has 0 heterocycles. The van der Waals surface area contributed by atoms with E-state index in [1.54, 1.807) is 0 Å². The van der Waals surface area contributed by atoms with Crippen LogP contribution in [-0.4, -0.2) is 5.54 Å². The fourth-order valence-electron chi connectivity index (χ4n) is 1.41. The van der Waals surface area contributed by atoms with Crippen LogP contribution < -0.4 is 5.73 Å². The van der Waals surface area contributed by atoms with Crippen molar-refractivity contribution >= 4 is 0 Å². The lowest BCUT2D eigenvalue weighted by molar-refractivity contribution is 0.504. The molecule has 0 radical (unpaired) electrons. The molecule has 1 aliphatic rings. The maximum Gasteiger partial charge on any atom is 0.00686 e. The molecular weight excluding hydrogens is 158 g/mol. The Labute approximate surface area is 84.1 Å². The molecular formula is C12H27N. The maximum atomic E-state index is 5.35. The van der Waals surface area contributed by atoms with Crippen LogP contribution in [0.15, 0.2) is 0 Å². The zero-order valence-electron chi connectivity index (χ0n) is 9.73. The van der Waals surface area contributed by atoms with Crippen molar-refractivity contribution in [3.05, 3.63) is 0 Å². The van der Waals surface area contributed by atoms with Gasteiger partial charge in [-0.3, -0.25) is 0 Å². The van der Waals surface area contributed by atoms with Crippen molar-refractivity contribution in [2.45, 2.75) is 77.7 Å². The second-order valence-electron chi connectivity index (χ2n) is 5.19. The van der Waals surface area contributed by atoms with Crippen LogP contribution in [0.3, 0.4) is 0 Å². The molecule has 0 aliphatic heterocycles. The number of nitrogens with two attached hydrogens (primary N) is 1. The molecule has 0 amide bonds. The van der Waals surface area contributed by atoms with Gasteiger partial charge >= 0.3 is 0 Å². The summed E-state index contributed by atoms with van der Waals surface area (Å²) in [6, 6.07) is 0. The Morgan fingerprint density at radius 3 is 0.769 bits per heavy atom. The van der Waals surface area contributed by atoms with Gasteiger partial charge in [-0.1, -0.05) is 51.4 Å². The molecule has 1 saturated carbocycles. The number of hydrogen-bond donors (Lipinski definition) is 1. The molecule has 0 aromatic rings. The Morgan fingerprint density at radius 1 is 0.615 bits per heavy atom. The Kier molecular flexibility index (Phi) is 7.35. The van der Waals surface area contributed by atoms with Gasteiger partial charge in [-0.15, -0.1) is 0 Å². The topological polar surface area (TPSA) is 26.0 Å². The van der Waals surface area contributed by atoms with E-state index < -0.39 is 0 Å². The average Bonchev–Trinajstić information content (AvgIpc) is 1.79. The van der Waals surface area contributed by atoms with Gasteiger partial charge < -0.3 is 5.73 Å². The summed E-state index contributed by atoms with van der Waals surface area (Å²) in [5, 5.41) is 0. The minimum atomic E-state index is 0. The molecule has 1 aliphatic carbocycles. The lowest BCUT2D eigenvalue weighted by Crippen LogP contribution is -2.26. The summed E-state index contributed by atoms with van der Waals surface area (Å²) in [7, 11) is 0. The third kappa shape index (κ3) is 18.7. The molecule has 80 valence electrons. The molecule has 1 nitrogen and oxygen atoms in total. The molecule has 1 rings (SSSR count). The van der Waals surface area contributed by atoms with Crippen molar-refractivity contribution in [2.24, 2.45) is 5.73 Å². The summed E-state index contributed by atoms with van der Waals surface area (Å²) in [6.45, 7) is 5.90. The highest BCUT2D eigenvalue weighted by molar-refractivity contribution is 4.60. The SMILES string of the molecule is C1CCCCCCC1.CC(C)(C)N. The summed E-state index contributed by atoms with van der Waals surface area (Å²) < 4.78 is 0. The summed E-state index contributed by atoms with van der Waals surface area (Å²) >= 11 is 0. The number of rotatable bonds is 0. The van der Waals surface area contributed by atoms with Gasteiger partial charge in [0.15, 0.2) is 0 Å². The van der Waals surface area contributed by atoms with E-state index in [1.807, 2.05) is 20.8 Å². The summed E-state index contributed by atoms with van der Waals surface area (Å²) in [5.41, 5.74) is 5.35. The second-order valence-corrected chi connectivity index (χ2v) is 5.19. The van der Waals surface area contributed by atoms with Gasteiger partial charge in [0.25, 0.3) is 0 Å². The van der Waals surface area contributed by atoms with Crippen LogP contribution in [0, 0.1) is 0 Å². The maximum absolute atomic E-state index is 5.35. The van der Waals surface area contributed by atoms with E-state index in [0.717, 1.165) is 0 Å². The van der Waals surface area contributed by atoms with Gasteiger partial charge in [0.05, 0.1) is 0 Å². The highest BCUT2D eigenvalue weighted by atomic mass is 14.7. The molecule has 0 saturated heterocycles. The quantitative estimate of drug-likeness (QED) is 0.609. The van der Waals surface area contributed by atoms with Gasteiger partial charge in [-0.05, 0) is 20.8 Å². The van der Waals surface area contributed by atoms with Crippen LogP contribution in [0.5, 0.6) is 0 Å². The van der Waals surface area contributed by atoms with Gasteiger partial charge in [0, 0.05) is 5.54 Å². The van der Waals surface area contributed by atoms with Crippen LogP contribution in [-0.2, 0) is 0 Å². The van der Waals surface area contributed by atoms with Crippen LogP contribution in [0.2, 0.25) is 0 Å². The Morgan fingerprint density at radius 2 is 0.692 bits per heavy atom. The predicted molar refractivity (Wildman–Crippen MR) is 60.9 cm³/mol. The van der Waals surface area contributed by atoms with Crippen molar-refractivity contribution in [3.8, 4) is 0 Å². The van der Waals surface area contributed by atoms with E-state index in [4.69, 9.17) is 5.73 Å². The third-order valence-electron chi connectivity index (χ3n) is 2.00. The molecule has 0 aromatic carbocycles. The van der Waals surface area contributed by atoms with E-state index in [-0.39, 0.29) is 5.54 Å². The first-order valence-electron chi connectivity index (χ1n) is 5.79. The fraction of sp³-hybridized carbons (Fsp3) is 1.00. The summed E-state index contributed by atoms with van der Waals surface area (Å²) in [4.78, 5) is 0. The zero-order valence-corrected chi connectivity index (χ0v) is 9.73. The minimum absolute atomic E-state index is 0. The van der Waals surface area contributed by atoms with Crippen LogP contribution in [0.1, 0.15) is 72.1 Å². The van der Waals surface area contributed by atoms with E-state index in [0.29, 0.717) is 0 Å². The van der Waals surface area contributed by atoms with Crippen molar-refractivity contribution in [2.75, 3.05) is 0 Å². The molecule has 0 atom stereocenters. The first-order valence-corrected chi connectivity index (χ1v) is 5.79. The van der Waals surface area contributed by atoms with Crippen LogP contribution in [0.25, 0.3) is 0 Å².